The van der Waals surface area contributed by atoms with Gasteiger partial charge in [-0.05, 0) is 19.1 Å². The second kappa shape index (κ2) is 5.30. The van der Waals surface area contributed by atoms with Gasteiger partial charge in [0.25, 0.3) is 0 Å². The molecule has 0 saturated carbocycles. The zero-order chi connectivity index (χ0) is 12.1. The molecule has 0 aliphatic heterocycles. The zero-order valence-electron chi connectivity index (χ0n) is 9.78. The molecule has 1 heterocycles. The van der Waals surface area contributed by atoms with Crippen LogP contribution in [0.2, 0.25) is 0 Å². The Morgan fingerprint density at radius 1 is 1.19 bits per heavy atom. The molecule has 0 fully saturated rings. The number of aryl methyl sites for hydroxylation is 1. The summed E-state index contributed by atoms with van der Waals surface area (Å²) in [7, 11) is 0. The molecule has 1 aromatic heterocycles. The Balaban J connectivity index is 0.000000606. The SMILES string of the molecule is CC.CCn1c(=O)c(=O)[nH]c2ccccc21. The Labute approximate surface area is 93.6 Å². The number of aromatic nitrogens is 2. The van der Waals surface area contributed by atoms with Crippen molar-refractivity contribution in [3.05, 3.63) is 45.0 Å². The maximum absolute atomic E-state index is 11.4. The lowest BCUT2D eigenvalue weighted by atomic mass is 10.3. The van der Waals surface area contributed by atoms with Crippen LogP contribution in [0.4, 0.5) is 0 Å². The molecule has 0 spiro atoms. The minimum absolute atomic E-state index is 0.494. The van der Waals surface area contributed by atoms with Gasteiger partial charge in [-0.2, -0.15) is 0 Å². The van der Waals surface area contributed by atoms with Gasteiger partial charge in [0.15, 0.2) is 0 Å². The van der Waals surface area contributed by atoms with Crippen molar-refractivity contribution in [1.82, 2.24) is 9.55 Å². The summed E-state index contributed by atoms with van der Waals surface area (Å²) in [6, 6.07) is 7.26. The van der Waals surface area contributed by atoms with Gasteiger partial charge in [0.2, 0.25) is 0 Å². The number of nitrogens with zero attached hydrogens (tertiary/aromatic N) is 1. The van der Waals surface area contributed by atoms with Crippen molar-refractivity contribution in [3.63, 3.8) is 0 Å². The Morgan fingerprint density at radius 2 is 1.81 bits per heavy atom. The number of hydrogen-bond acceptors (Lipinski definition) is 2. The topological polar surface area (TPSA) is 54.9 Å². The summed E-state index contributed by atoms with van der Waals surface area (Å²) in [6.07, 6.45) is 0. The van der Waals surface area contributed by atoms with Crippen molar-refractivity contribution < 1.29 is 0 Å². The van der Waals surface area contributed by atoms with E-state index in [1.165, 1.54) is 4.57 Å². The van der Waals surface area contributed by atoms with E-state index >= 15 is 0 Å². The van der Waals surface area contributed by atoms with Gasteiger partial charge in [0, 0.05) is 6.54 Å². The standard InChI is InChI=1S/C10H10N2O2.C2H6/c1-2-12-8-6-4-3-5-7(8)11-9(13)10(12)14;1-2/h3-6H,2H2,1H3,(H,11,13);1-2H3. The van der Waals surface area contributed by atoms with Gasteiger partial charge in [0.05, 0.1) is 11.0 Å². The summed E-state index contributed by atoms with van der Waals surface area (Å²) in [6.45, 7) is 6.34. The zero-order valence-corrected chi connectivity index (χ0v) is 9.78. The van der Waals surface area contributed by atoms with Crippen molar-refractivity contribution in [2.45, 2.75) is 27.3 Å². The molecule has 0 atom stereocenters. The van der Waals surface area contributed by atoms with Crippen LogP contribution in [0.3, 0.4) is 0 Å². The fraction of sp³-hybridized carbons (Fsp3) is 0.333. The van der Waals surface area contributed by atoms with Crippen LogP contribution in [0, 0.1) is 0 Å². The third kappa shape index (κ3) is 2.05. The van der Waals surface area contributed by atoms with E-state index in [9.17, 15) is 9.59 Å². The summed E-state index contributed by atoms with van der Waals surface area (Å²) in [5.74, 6) is 0. The highest BCUT2D eigenvalue weighted by molar-refractivity contribution is 5.74. The van der Waals surface area contributed by atoms with Crippen LogP contribution < -0.4 is 11.1 Å². The average Bonchev–Trinajstić information content (AvgIpc) is 2.33. The second-order valence-corrected chi connectivity index (χ2v) is 3.02. The first-order chi connectivity index (χ1) is 7.74. The molecule has 0 aliphatic rings. The summed E-state index contributed by atoms with van der Waals surface area (Å²) < 4.78 is 1.47. The van der Waals surface area contributed by atoms with Crippen LogP contribution in [0.5, 0.6) is 0 Å². The number of benzene rings is 1. The molecule has 2 aromatic rings. The van der Waals surface area contributed by atoms with Gasteiger partial charge in [-0.25, -0.2) is 0 Å². The van der Waals surface area contributed by atoms with E-state index in [0.29, 0.717) is 12.1 Å². The predicted octanol–water partition coefficient (Wildman–Crippen LogP) is 1.74. The van der Waals surface area contributed by atoms with Crippen LogP contribution in [-0.2, 0) is 6.54 Å². The van der Waals surface area contributed by atoms with Gasteiger partial charge in [-0.1, -0.05) is 26.0 Å². The first-order valence-corrected chi connectivity index (χ1v) is 5.46. The van der Waals surface area contributed by atoms with Crippen LogP contribution in [0.25, 0.3) is 11.0 Å². The number of nitrogens with one attached hydrogen (secondary N) is 1. The minimum atomic E-state index is -0.564. The van der Waals surface area contributed by atoms with E-state index in [1.807, 2.05) is 39.0 Å². The van der Waals surface area contributed by atoms with Gasteiger partial charge in [-0.15, -0.1) is 0 Å². The average molecular weight is 220 g/mol. The Hall–Kier alpha value is -1.84. The molecule has 0 unspecified atom stereocenters. The molecule has 4 nitrogen and oxygen atoms in total. The highest BCUT2D eigenvalue weighted by atomic mass is 16.2. The molecule has 86 valence electrons. The molecule has 1 N–H and O–H groups in total. The van der Waals surface area contributed by atoms with Gasteiger partial charge in [0.1, 0.15) is 0 Å². The number of H-pyrrole nitrogens is 1. The maximum atomic E-state index is 11.4. The number of rotatable bonds is 1. The fourth-order valence-corrected chi connectivity index (χ4v) is 1.54. The van der Waals surface area contributed by atoms with Gasteiger partial charge >= 0.3 is 11.1 Å². The molecule has 0 amide bonds. The molecule has 0 radical (unpaired) electrons. The van der Waals surface area contributed by atoms with Crippen molar-refractivity contribution >= 4 is 11.0 Å². The third-order valence-corrected chi connectivity index (χ3v) is 2.20. The molecule has 2 rings (SSSR count). The molecule has 4 heteroatoms. The molecule has 0 aliphatic carbocycles. The Morgan fingerprint density at radius 3 is 2.44 bits per heavy atom. The normalized spacial score (nSPS) is 9.69. The lowest BCUT2D eigenvalue weighted by Gasteiger charge is -2.05. The molecule has 0 bridgehead atoms. The van der Waals surface area contributed by atoms with Crippen molar-refractivity contribution in [3.8, 4) is 0 Å². The third-order valence-electron chi connectivity index (χ3n) is 2.20. The van der Waals surface area contributed by atoms with E-state index in [1.54, 1.807) is 6.07 Å². The quantitative estimate of drug-likeness (QED) is 0.744. The molecule has 1 aromatic carbocycles. The maximum Gasteiger partial charge on any atom is 0.316 e. The van der Waals surface area contributed by atoms with E-state index in [-0.39, 0.29) is 0 Å². The van der Waals surface area contributed by atoms with E-state index < -0.39 is 11.1 Å². The first-order valence-electron chi connectivity index (χ1n) is 5.46. The first kappa shape index (κ1) is 12.2. The lowest BCUT2D eigenvalue weighted by molar-refractivity contribution is 0.744. The molecule has 16 heavy (non-hydrogen) atoms. The predicted molar refractivity (Wildman–Crippen MR) is 65.9 cm³/mol. The fourth-order valence-electron chi connectivity index (χ4n) is 1.54. The lowest BCUT2D eigenvalue weighted by Crippen LogP contribution is -2.35. The summed E-state index contributed by atoms with van der Waals surface area (Å²) >= 11 is 0. The molecular formula is C12H16N2O2. The highest BCUT2D eigenvalue weighted by Gasteiger charge is 2.03. The van der Waals surface area contributed by atoms with Crippen molar-refractivity contribution in [2.75, 3.05) is 0 Å². The van der Waals surface area contributed by atoms with Crippen LogP contribution in [0.15, 0.2) is 33.9 Å². The van der Waals surface area contributed by atoms with Crippen LogP contribution >= 0.6 is 0 Å². The molecular weight excluding hydrogens is 204 g/mol. The van der Waals surface area contributed by atoms with Crippen LogP contribution in [-0.4, -0.2) is 9.55 Å². The number of aromatic amines is 1. The monoisotopic (exact) mass is 220 g/mol. The van der Waals surface area contributed by atoms with E-state index in [2.05, 4.69) is 4.98 Å². The highest BCUT2D eigenvalue weighted by Crippen LogP contribution is 2.06. The van der Waals surface area contributed by atoms with Crippen molar-refractivity contribution in [2.24, 2.45) is 0 Å². The van der Waals surface area contributed by atoms with Crippen molar-refractivity contribution in [1.29, 1.82) is 0 Å². The second-order valence-electron chi connectivity index (χ2n) is 3.02. The molecule has 0 saturated heterocycles. The number of fused-ring (bicyclic) bond motifs is 1. The van der Waals surface area contributed by atoms with E-state index in [0.717, 1.165) is 5.52 Å². The van der Waals surface area contributed by atoms with E-state index in [4.69, 9.17) is 0 Å². The minimum Gasteiger partial charge on any atom is -0.316 e. The smallest absolute Gasteiger partial charge is 0.316 e. The number of para-hydroxylation sites is 2. The summed E-state index contributed by atoms with van der Waals surface area (Å²) in [4.78, 5) is 25.2. The largest absolute Gasteiger partial charge is 0.316 e. The summed E-state index contributed by atoms with van der Waals surface area (Å²) in [5, 5.41) is 0. The Kier molecular flexibility index (Phi) is 4.05. The Bertz CT molecular complexity index is 581. The van der Waals surface area contributed by atoms with Gasteiger partial charge in [-0.3, -0.25) is 9.59 Å². The summed E-state index contributed by atoms with van der Waals surface area (Å²) in [5.41, 5.74) is 0.398. The number of hydrogen-bond donors (Lipinski definition) is 1. The van der Waals surface area contributed by atoms with Gasteiger partial charge < -0.3 is 9.55 Å². The van der Waals surface area contributed by atoms with Crippen LogP contribution in [0.1, 0.15) is 20.8 Å².